The van der Waals surface area contributed by atoms with Gasteiger partial charge in [-0.15, -0.1) is 0 Å². The van der Waals surface area contributed by atoms with Crippen molar-refractivity contribution >= 4 is 5.96 Å². The fraction of sp³-hybridized carbons (Fsp3) is 0.200. The molecule has 0 aromatic heterocycles. The highest BCUT2D eigenvalue weighted by Gasteiger charge is 1.94. The number of nitrogens with zero attached hydrogens (tertiary/aromatic N) is 2. The number of hydrogen-bond donors (Lipinski definition) is 2. The monoisotopic (exact) mass is 122 g/mol. The van der Waals surface area contributed by atoms with Gasteiger partial charge in [0.15, 0.2) is 6.19 Å². The minimum absolute atomic E-state index is 0.514. The summed E-state index contributed by atoms with van der Waals surface area (Å²) >= 11 is 0. The summed E-state index contributed by atoms with van der Waals surface area (Å²) in [6.45, 7) is 0.636. The Morgan fingerprint density at radius 2 is 2.78 bits per heavy atom. The molecule has 2 N–H and O–H groups in total. The summed E-state index contributed by atoms with van der Waals surface area (Å²) in [6.07, 6.45) is 5.37. The summed E-state index contributed by atoms with van der Waals surface area (Å²) in [5.74, 6) is 0.514. The summed E-state index contributed by atoms with van der Waals surface area (Å²) in [7, 11) is 0. The van der Waals surface area contributed by atoms with Crippen LogP contribution in [-0.4, -0.2) is 12.5 Å². The van der Waals surface area contributed by atoms with Crippen molar-refractivity contribution in [3.05, 3.63) is 12.3 Å². The predicted octanol–water partition coefficient (Wildman–Crippen LogP) is -0.470. The van der Waals surface area contributed by atoms with Crippen LogP contribution in [0.4, 0.5) is 0 Å². The van der Waals surface area contributed by atoms with Crippen molar-refractivity contribution in [1.82, 2.24) is 10.6 Å². The highest BCUT2D eigenvalue weighted by atomic mass is 15.2. The maximum atomic E-state index is 8.11. The molecule has 0 saturated heterocycles. The molecule has 1 rings (SSSR count). The van der Waals surface area contributed by atoms with Gasteiger partial charge in [-0.1, -0.05) is 0 Å². The molecule has 4 heteroatoms. The average molecular weight is 122 g/mol. The third-order valence-electron chi connectivity index (χ3n) is 0.867. The van der Waals surface area contributed by atoms with Gasteiger partial charge in [0.25, 0.3) is 0 Å². The Balaban J connectivity index is 2.43. The molecule has 1 aliphatic rings. The summed E-state index contributed by atoms with van der Waals surface area (Å²) < 4.78 is 0. The molecule has 0 bridgehead atoms. The Hall–Kier alpha value is -1.50. The molecule has 0 unspecified atom stereocenters. The van der Waals surface area contributed by atoms with Crippen molar-refractivity contribution in [2.75, 3.05) is 6.54 Å². The summed E-state index contributed by atoms with van der Waals surface area (Å²) in [4.78, 5) is 3.90. The molecule has 0 fully saturated rings. The maximum absolute atomic E-state index is 8.11. The zero-order valence-electron chi connectivity index (χ0n) is 4.76. The smallest absolute Gasteiger partial charge is 0.209 e. The van der Waals surface area contributed by atoms with E-state index in [1.54, 1.807) is 12.4 Å². The van der Waals surface area contributed by atoms with Crippen molar-refractivity contribution in [2.24, 2.45) is 4.99 Å². The van der Waals surface area contributed by atoms with Crippen molar-refractivity contribution < 1.29 is 0 Å². The van der Waals surface area contributed by atoms with E-state index in [9.17, 15) is 0 Å². The zero-order valence-corrected chi connectivity index (χ0v) is 4.76. The number of nitriles is 1. The fourth-order valence-electron chi connectivity index (χ4n) is 0.509. The third-order valence-corrected chi connectivity index (χ3v) is 0.867. The topological polar surface area (TPSA) is 60.2 Å². The van der Waals surface area contributed by atoms with Crippen LogP contribution in [0, 0.1) is 11.5 Å². The van der Waals surface area contributed by atoms with Gasteiger partial charge in [-0.05, 0) is 6.08 Å². The van der Waals surface area contributed by atoms with Crippen molar-refractivity contribution in [3.8, 4) is 6.19 Å². The van der Waals surface area contributed by atoms with Crippen LogP contribution in [0.5, 0.6) is 0 Å². The molecule has 0 radical (unpaired) electrons. The summed E-state index contributed by atoms with van der Waals surface area (Å²) in [6, 6.07) is 0. The van der Waals surface area contributed by atoms with Gasteiger partial charge in [0, 0.05) is 6.20 Å². The first-order valence-corrected chi connectivity index (χ1v) is 2.54. The lowest BCUT2D eigenvalue weighted by Gasteiger charge is -2.04. The third kappa shape index (κ3) is 1.46. The van der Waals surface area contributed by atoms with Crippen LogP contribution in [0.15, 0.2) is 17.3 Å². The molecule has 0 spiro atoms. The van der Waals surface area contributed by atoms with E-state index in [-0.39, 0.29) is 0 Å². The van der Waals surface area contributed by atoms with E-state index in [0.29, 0.717) is 12.5 Å². The summed E-state index contributed by atoms with van der Waals surface area (Å²) in [5, 5.41) is 13.2. The van der Waals surface area contributed by atoms with Crippen LogP contribution in [0.25, 0.3) is 0 Å². The fourth-order valence-corrected chi connectivity index (χ4v) is 0.509. The highest BCUT2D eigenvalue weighted by Crippen LogP contribution is 1.80. The van der Waals surface area contributed by atoms with Crippen LogP contribution >= 0.6 is 0 Å². The van der Waals surface area contributed by atoms with E-state index in [1.807, 2.05) is 6.08 Å². The van der Waals surface area contributed by atoms with Crippen LogP contribution in [0.3, 0.4) is 0 Å². The van der Waals surface area contributed by atoms with Gasteiger partial charge in [0.2, 0.25) is 5.96 Å². The Morgan fingerprint density at radius 3 is 3.33 bits per heavy atom. The second-order valence-corrected chi connectivity index (χ2v) is 1.47. The number of nitrogens with one attached hydrogen (secondary N) is 2. The highest BCUT2D eigenvalue weighted by molar-refractivity contribution is 5.82. The van der Waals surface area contributed by atoms with Crippen molar-refractivity contribution in [3.63, 3.8) is 0 Å². The summed E-state index contributed by atoms with van der Waals surface area (Å²) in [5.41, 5.74) is 0. The molecule has 0 aliphatic carbocycles. The Morgan fingerprint density at radius 1 is 1.89 bits per heavy atom. The van der Waals surface area contributed by atoms with Crippen LogP contribution < -0.4 is 10.6 Å². The van der Waals surface area contributed by atoms with E-state index in [4.69, 9.17) is 5.26 Å². The van der Waals surface area contributed by atoms with Crippen LogP contribution in [0.2, 0.25) is 0 Å². The van der Waals surface area contributed by atoms with Crippen molar-refractivity contribution in [2.45, 2.75) is 0 Å². The normalized spacial score (nSPS) is 15.2. The quantitative estimate of drug-likeness (QED) is 0.337. The lowest BCUT2D eigenvalue weighted by Crippen LogP contribution is -2.32. The lowest BCUT2D eigenvalue weighted by atomic mass is 10.5. The van der Waals surface area contributed by atoms with Gasteiger partial charge in [-0.2, -0.15) is 5.26 Å². The zero-order chi connectivity index (χ0) is 6.53. The SMILES string of the molecule is N#CNC1=NCC=CN1. The number of rotatable bonds is 0. The van der Waals surface area contributed by atoms with E-state index < -0.39 is 0 Å². The number of guanidine groups is 1. The van der Waals surface area contributed by atoms with E-state index >= 15 is 0 Å². The minimum Gasteiger partial charge on any atom is -0.332 e. The molecule has 1 heterocycles. The Bertz CT molecular complexity index is 186. The largest absolute Gasteiger partial charge is 0.332 e. The van der Waals surface area contributed by atoms with Gasteiger partial charge < -0.3 is 5.32 Å². The van der Waals surface area contributed by atoms with Crippen molar-refractivity contribution in [1.29, 1.82) is 5.26 Å². The molecule has 4 nitrogen and oxygen atoms in total. The number of aliphatic imine (C=N–C) groups is 1. The first-order chi connectivity index (χ1) is 4.43. The molecule has 0 aromatic carbocycles. The van der Waals surface area contributed by atoms with Gasteiger partial charge in [0.1, 0.15) is 0 Å². The average Bonchev–Trinajstić information content (AvgIpc) is 1.91. The van der Waals surface area contributed by atoms with E-state index in [0.717, 1.165) is 0 Å². The minimum atomic E-state index is 0.514. The molecule has 0 atom stereocenters. The van der Waals surface area contributed by atoms with E-state index in [1.165, 1.54) is 0 Å². The molecule has 46 valence electrons. The molecule has 0 aromatic rings. The van der Waals surface area contributed by atoms with Gasteiger partial charge in [-0.25, -0.2) is 4.99 Å². The molecule has 9 heavy (non-hydrogen) atoms. The second kappa shape index (κ2) is 2.72. The lowest BCUT2D eigenvalue weighted by molar-refractivity contribution is 1.03. The molecular formula is C5H6N4. The maximum Gasteiger partial charge on any atom is 0.209 e. The first-order valence-electron chi connectivity index (χ1n) is 2.54. The Labute approximate surface area is 52.9 Å². The van der Waals surface area contributed by atoms with Gasteiger partial charge in [-0.3, -0.25) is 5.32 Å². The number of hydrogen-bond acceptors (Lipinski definition) is 4. The molecule has 0 amide bonds. The Kier molecular flexibility index (Phi) is 1.70. The van der Waals surface area contributed by atoms with Crippen LogP contribution in [0.1, 0.15) is 0 Å². The van der Waals surface area contributed by atoms with Gasteiger partial charge in [0.05, 0.1) is 6.54 Å². The predicted molar refractivity (Wildman–Crippen MR) is 33.3 cm³/mol. The van der Waals surface area contributed by atoms with E-state index in [2.05, 4.69) is 15.6 Å². The molecule has 1 aliphatic heterocycles. The molecule has 0 saturated carbocycles. The van der Waals surface area contributed by atoms with Crippen LogP contribution in [-0.2, 0) is 0 Å². The standard InChI is InChI=1S/C5H6N4/c6-4-9-5-7-2-1-3-8-5/h1-2H,3H2,(H2,7,8,9). The second-order valence-electron chi connectivity index (χ2n) is 1.47. The molecular weight excluding hydrogens is 116 g/mol. The van der Waals surface area contributed by atoms with Gasteiger partial charge >= 0.3 is 0 Å². The first kappa shape index (κ1) is 5.63.